The largest absolute Gasteiger partial charge is 0.501 e. The van der Waals surface area contributed by atoms with Crippen molar-refractivity contribution in [1.82, 2.24) is 14.7 Å². The molecule has 0 radical (unpaired) electrons. The van der Waals surface area contributed by atoms with Crippen LogP contribution in [0.15, 0.2) is 0 Å². The van der Waals surface area contributed by atoms with Gasteiger partial charge in [0.15, 0.2) is 0 Å². The van der Waals surface area contributed by atoms with E-state index in [2.05, 4.69) is 14.7 Å². The lowest BCUT2D eigenvalue weighted by molar-refractivity contribution is -0.111. The summed E-state index contributed by atoms with van der Waals surface area (Å²) in [5.74, 6) is 0. The predicted octanol–water partition coefficient (Wildman–Crippen LogP) is 9.03. The Labute approximate surface area is 552 Å². The van der Waals surface area contributed by atoms with Crippen LogP contribution in [0, 0.1) is 0 Å². The van der Waals surface area contributed by atoms with Crippen molar-refractivity contribution >= 4 is 52.8 Å². The number of nitrogens with zero attached hydrogens (tertiary/aromatic N) is 3. The van der Waals surface area contributed by atoms with Crippen molar-refractivity contribution in [3.63, 3.8) is 0 Å². The topological polar surface area (TPSA) is 204 Å². The highest BCUT2D eigenvalue weighted by Crippen LogP contribution is 2.30. The van der Waals surface area contributed by atoms with Crippen LogP contribution in [-0.2, 0) is 93.9 Å². The summed E-state index contributed by atoms with van der Waals surface area (Å²) in [6, 6.07) is 4.25. The average Bonchev–Trinajstić information content (AvgIpc) is 1.48. The van der Waals surface area contributed by atoms with Crippen LogP contribution in [0.3, 0.4) is 0 Å². The molecule has 3 rings (SSSR count). The first kappa shape index (κ1) is 84.6. The normalized spacial score (nSPS) is 21.6. The van der Waals surface area contributed by atoms with Gasteiger partial charge < -0.3 is 109 Å². The van der Waals surface area contributed by atoms with Gasteiger partial charge in [-0.3, -0.25) is 0 Å². The molecule has 0 aromatic carbocycles. The van der Waals surface area contributed by atoms with Crippen LogP contribution in [0.25, 0.3) is 0 Å². The highest BCUT2D eigenvalue weighted by Gasteiger charge is 2.49. The molecule has 0 bridgehead atoms. The Balaban J connectivity index is 2.03. The Hall–Kier alpha value is 0.341. The van der Waals surface area contributed by atoms with E-state index in [0.29, 0.717) is 143 Å². The molecule has 3 saturated heterocycles. The van der Waals surface area contributed by atoms with E-state index in [-0.39, 0.29) is 45.2 Å². The number of hydrogen-bond donors (Lipinski definition) is 0. The van der Waals surface area contributed by atoms with Gasteiger partial charge in [-0.1, -0.05) is 0 Å². The number of rotatable bonds is 53. The first-order valence-electron chi connectivity index (χ1n) is 35.2. The lowest BCUT2D eigenvalue weighted by Crippen LogP contribution is -2.55. The van der Waals surface area contributed by atoms with E-state index in [9.17, 15) is 0 Å². The first-order valence-corrected chi connectivity index (χ1v) is 46.8. The van der Waals surface area contributed by atoms with Crippen LogP contribution in [0.1, 0.15) is 142 Å². The van der Waals surface area contributed by atoms with E-state index >= 15 is 0 Å². The van der Waals surface area contributed by atoms with Gasteiger partial charge >= 0.3 is 52.8 Å². The van der Waals surface area contributed by atoms with Gasteiger partial charge in [0, 0.05) is 155 Å². The molecule has 0 amide bonds. The maximum absolute atomic E-state index is 7.14. The van der Waals surface area contributed by atoms with Gasteiger partial charge in [-0.2, -0.15) is 0 Å². The molecular weight excluding hydrogens is 1270 g/mol. The van der Waals surface area contributed by atoms with Crippen LogP contribution >= 0.6 is 0 Å². The third kappa shape index (κ3) is 31.5. The summed E-state index contributed by atoms with van der Waals surface area (Å²) in [5.41, 5.74) is 0. The smallest absolute Gasteiger partial charge is 0.376 e. The summed E-state index contributed by atoms with van der Waals surface area (Å²) in [6.45, 7) is 45.8. The highest BCUT2D eigenvalue weighted by molar-refractivity contribution is 6.62. The van der Waals surface area contributed by atoms with Gasteiger partial charge in [-0.15, -0.1) is 0 Å². The molecule has 0 aliphatic carbocycles. The minimum atomic E-state index is -3.11. The Morgan fingerprint density at radius 1 is 0.344 bits per heavy atom. The van der Waals surface area contributed by atoms with Gasteiger partial charge in [0.25, 0.3) is 0 Å². The quantitative estimate of drug-likeness (QED) is 0.0521. The maximum atomic E-state index is 7.14. The SMILES string of the molecule is CCO[Si](CCCN1CCC[Si](OCC)(OCC)OC(COCC(COCC2CN(CCC[Si](OCC)(OCC)OCC)CCC[Si](OCC)(OCC)O2)OCC2CN(CCC[Si](OCC)(OCC)OCC)CCC[Si](OCC)(OCC)O2)C1)(OCC)OCC. The van der Waals surface area contributed by atoms with E-state index < -0.39 is 65.0 Å². The van der Waals surface area contributed by atoms with Gasteiger partial charge in [-0.05, 0) is 182 Å². The Kier molecular flexibility index (Phi) is 46.0. The number of ether oxygens (including phenoxy) is 3. The zero-order valence-electron chi connectivity index (χ0n) is 59.2. The minimum absolute atomic E-state index is 0.206. The van der Waals surface area contributed by atoms with E-state index in [1.54, 1.807) is 0 Å². The monoisotopic (exact) mass is 1400 g/mol. The third-order valence-electron chi connectivity index (χ3n) is 15.4. The lowest BCUT2D eigenvalue weighted by atomic mass is 10.2. The van der Waals surface area contributed by atoms with E-state index in [1.165, 1.54) is 0 Å². The highest BCUT2D eigenvalue weighted by atomic mass is 28.4. The van der Waals surface area contributed by atoms with Crippen molar-refractivity contribution in [3.05, 3.63) is 0 Å². The van der Waals surface area contributed by atoms with Crippen LogP contribution in [0.4, 0.5) is 0 Å². The number of hydrogen-bond acceptors (Lipinski definition) is 24. The Morgan fingerprint density at radius 3 is 0.822 bits per heavy atom. The van der Waals surface area contributed by atoms with Gasteiger partial charge in [0.05, 0.1) is 51.3 Å². The Bertz CT molecular complexity index is 1600. The van der Waals surface area contributed by atoms with E-state index in [1.807, 2.05) is 104 Å². The second kappa shape index (κ2) is 49.0. The molecule has 3 aliphatic rings. The van der Waals surface area contributed by atoms with Gasteiger partial charge in [-0.25, -0.2) is 0 Å². The molecule has 0 aromatic heterocycles. The summed E-state index contributed by atoms with van der Waals surface area (Å²) < 4.78 is 137. The minimum Gasteiger partial charge on any atom is -0.376 e. The van der Waals surface area contributed by atoms with Crippen LogP contribution in [0.5, 0.6) is 0 Å². The predicted molar refractivity (Wildman–Crippen MR) is 361 cm³/mol. The zero-order valence-corrected chi connectivity index (χ0v) is 65.2. The summed E-state index contributed by atoms with van der Waals surface area (Å²) in [7, 11) is -17.8. The summed E-state index contributed by atoms with van der Waals surface area (Å²) in [4.78, 5) is 7.38. The molecule has 30 heteroatoms. The summed E-state index contributed by atoms with van der Waals surface area (Å²) >= 11 is 0. The molecule has 3 unspecified atom stereocenters. The fraction of sp³-hybridized carbons (Fsp3) is 1.00. The molecule has 90 heavy (non-hydrogen) atoms. The summed E-state index contributed by atoms with van der Waals surface area (Å²) in [6.07, 6.45) is 3.51. The molecule has 0 spiro atoms. The molecule has 3 heterocycles. The second-order valence-electron chi connectivity index (χ2n) is 22.4. The second-order valence-corrected chi connectivity index (χ2v) is 38.6. The standard InChI is InChI=1S/C60H131N3O21Si6/c1-16-67-85(68-17-2,69-18-3)43-31-37-61-40-34-46-88(76-25-10,77-26-11)82-57(49-61)52-64-54-60(66-56-59-51-63(42-36-48-90(84-59,80-29-14)81-30-15)39-33-45-87(73-22-7,74-23-8)75-24-9)55-65-53-58-50-62(41-35-47-89(83-58,78-27-12)79-28-13)38-32-44-86(70-19-4,71-20-5)72-21-6/h57-60H,16-56H2,1-15H3. The maximum Gasteiger partial charge on any atom is 0.501 e. The molecular formula is C60H131N3O21Si6. The van der Waals surface area contributed by atoms with Crippen LogP contribution < -0.4 is 0 Å². The van der Waals surface area contributed by atoms with E-state index in [0.717, 1.165) is 89.9 Å². The van der Waals surface area contributed by atoms with Gasteiger partial charge in [0.1, 0.15) is 6.10 Å². The average molecular weight is 1400 g/mol. The molecule has 24 nitrogen and oxygen atoms in total. The van der Waals surface area contributed by atoms with Crippen LogP contribution in [0.2, 0.25) is 36.3 Å². The molecule has 3 fully saturated rings. The molecule has 0 N–H and O–H groups in total. The fourth-order valence-corrected chi connectivity index (χ4v) is 28.3. The fourth-order valence-electron chi connectivity index (χ4n) is 12.3. The molecule has 0 aromatic rings. The van der Waals surface area contributed by atoms with Crippen molar-refractivity contribution in [2.75, 3.05) is 191 Å². The molecule has 0 saturated carbocycles. The summed E-state index contributed by atoms with van der Waals surface area (Å²) in [5, 5.41) is 0. The van der Waals surface area contributed by atoms with Crippen molar-refractivity contribution in [2.24, 2.45) is 0 Å². The van der Waals surface area contributed by atoms with Crippen LogP contribution in [-0.4, -0.2) is 283 Å². The lowest BCUT2D eigenvalue weighted by Gasteiger charge is -2.39. The van der Waals surface area contributed by atoms with Crippen molar-refractivity contribution < 1.29 is 93.9 Å². The van der Waals surface area contributed by atoms with E-state index in [4.69, 9.17) is 93.9 Å². The van der Waals surface area contributed by atoms with Crippen molar-refractivity contribution in [3.8, 4) is 0 Å². The van der Waals surface area contributed by atoms with Gasteiger partial charge in [0.2, 0.25) is 0 Å². The van der Waals surface area contributed by atoms with Crippen molar-refractivity contribution in [2.45, 2.75) is 203 Å². The zero-order chi connectivity index (χ0) is 65.9. The van der Waals surface area contributed by atoms with Crippen molar-refractivity contribution in [1.29, 1.82) is 0 Å². The third-order valence-corrected chi connectivity index (χ3v) is 34.2. The molecule has 536 valence electrons. The molecule has 3 aliphatic heterocycles. The Morgan fingerprint density at radius 2 is 0.589 bits per heavy atom. The first-order chi connectivity index (χ1) is 43.7. The molecule has 3 atom stereocenters.